The zero-order chi connectivity index (χ0) is 17.8. The van der Waals surface area contributed by atoms with E-state index in [1.54, 1.807) is 0 Å². The number of hydrogen-bond acceptors (Lipinski definition) is 3. The molecule has 0 N–H and O–H groups in total. The summed E-state index contributed by atoms with van der Waals surface area (Å²) in [4.78, 5) is 18.2. The Balaban J connectivity index is 1.99. The Labute approximate surface area is 149 Å². The normalized spacial score (nSPS) is 24.5. The molecule has 4 rings (SSSR count). The summed E-state index contributed by atoms with van der Waals surface area (Å²) in [7, 11) is 4.03. The standard InChI is InChI=1S/C22H24N2O/c1-21(2)15-24-19(17-13-9-6-10-14-17)18(16-11-7-5-8-12-16)20(25)22(21,24)23(3)4/h5-14H,15H2,1-4H3. The van der Waals surface area contributed by atoms with Crippen molar-refractivity contribution in [1.82, 2.24) is 9.80 Å². The summed E-state index contributed by atoms with van der Waals surface area (Å²) in [6.45, 7) is 5.26. The van der Waals surface area contributed by atoms with Gasteiger partial charge in [-0.3, -0.25) is 9.69 Å². The van der Waals surface area contributed by atoms with Gasteiger partial charge in [0.05, 0.1) is 11.3 Å². The zero-order valence-corrected chi connectivity index (χ0v) is 15.3. The highest BCUT2D eigenvalue weighted by Crippen LogP contribution is 2.59. The third kappa shape index (κ3) is 1.93. The average Bonchev–Trinajstić information content (AvgIpc) is 2.81. The quantitative estimate of drug-likeness (QED) is 0.855. The molecule has 2 aromatic rings. The van der Waals surface area contributed by atoms with Crippen LogP contribution in [0.15, 0.2) is 60.7 Å². The van der Waals surface area contributed by atoms with Gasteiger partial charge in [0.1, 0.15) is 0 Å². The zero-order valence-electron chi connectivity index (χ0n) is 15.3. The minimum atomic E-state index is -0.608. The van der Waals surface area contributed by atoms with Gasteiger partial charge in [0.25, 0.3) is 0 Å². The lowest BCUT2D eigenvalue weighted by atomic mass is 9.66. The molecule has 3 nitrogen and oxygen atoms in total. The monoisotopic (exact) mass is 332 g/mol. The van der Waals surface area contributed by atoms with E-state index in [1.807, 2.05) is 62.6 Å². The van der Waals surface area contributed by atoms with Gasteiger partial charge in [-0.05, 0) is 25.2 Å². The molecule has 1 atom stereocenters. The van der Waals surface area contributed by atoms with Crippen molar-refractivity contribution in [3.8, 4) is 0 Å². The molecule has 0 aromatic heterocycles. The third-order valence-corrected chi connectivity index (χ3v) is 5.70. The fraction of sp³-hybridized carbons (Fsp3) is 0.318. The number of likely N-dealkylation sites (N-methyl/N-ethyl adjacent to an activating group) is 1. The van der Waals surface area contributed by atoms with Gasteiger partial charge in [0, 0.05) is 12.0 Å². The van der Waals surface area contributed by atoms with Gasteiger partial charge in [-0.1, -0.05) is 74.5 Å². The van der Waals surface area contributed by atoms with E-state index < -0.39 is 5.66 Å². The summed E-state index contributed by atoms with van der Waals surface area (Å²) in [5.74, 6) is 0.207. The van der Waals surface area contributed by atoms with Crippen LogP contribution in [-0.4, -0.2) is 41.9 Å². The first-order valence-corrected chi connectivity index (χ1v) is 8.76. The molecule has 1 unspecified atom stereocenters. The molecule has 1 saturated heterocycles. The Morgan fingerprint density at radius 3 is 1.88 bits per heavy atom. The molecule has 25 heavy (non-hydrogen) atoms. The van der Waals surface area contributed by atoms with Crippen LogP contribution in [0.5, 0.6) is 0 Å². The molecule has 2 aromatic carbocycles. The lowest BCUT2D eigenvalue weighted by Gasteiger charge is -2.64. The number of hydrogen-bond donors (Lipinski definition) is 0. The number of ketones is 1. The van der Waals surface area contributed by atoms with Crippen LogP contribution in [0.25, 0.3) is 11.3 Å². The van der Waals surface area contributed by atoms with Crippen LogP contribution < -0.4 is 0 Å². The van der Waals surface area contributed by atoms with E-state index in [0.29, 0.717) is 0 Å². The molecule has 0 radical (unpaired) electrons. The summed E-state index contributed by atoms with van der Waals surface area (Å²) in [5.41, 5.74) is 3.29. The van der Waals surface area contributed by atoms with E-state index in [-0.39, 0.29) is 11.2 Å². The van der Waals surface area contributed by atoms with Crippen molar-refractivity contribution in [2.45, 2.75) is 19.5 Å². The molecular weight excluding hydrogens is 308 g/mol. The Morgan fingerprint density at radius 1 is 0.880 bits per heavy atom. The molecule has 0 amide bonds. The molecule has 0 bridgehead atoms. The Bertz CT molecular complexity index is 852. The fourth-order valence-electron chi connectivity index (χ4n) is 4.80. The van der Waals surface area contributed by atoms with Gasteiger partial charge in [0.15, 0.2) is 5.66 Å². The highest BCUT2D eigenvalue weighted by atomic mass is 16.1. The lowest BCUT2D eigenvalue weighted by molar-refractivity contribution is -0.182. The van der Waals surface area contributed by atoms with Gasteiger partial charge in [-0.2, -0.15) is 0 Å². The minimum absolute atomic E-state index is 0.107. The maximum Gasteiger partial charge on any atom is 0.206 e. The first-order chi connectivity index (χ1) is 11.9. The highest BCUT2D eigenvalue weighted by molar-refractivity contribution is 6.35. The number of Topliss-reactive ketones (excluding diaryl/α,β-unsaturated/α-hetero) is 1. The molecule has 1 fully saturated rings. The number of fused-ring (bicyclic) bond motifs is 1. The van der Waals surface area contributed by atoms with Crippen LogP contribution in [0.1, 0.15) is 25.0 Å². The molecule has 2 aliphatic rings. The molecular formula is C22H24N2O. The molecule has 128 valence electrons. The second kappa shape index (κ2) is 5.30. The largest absolute Gasteiger partial charge is 0.344 e. The van der Waals surface area contributed by atoms with Crippen molar-refractivity contribution < 1.29 is 4.79 Å². The molecule has 2 heterocycles. The number of nitrogens with zero attached hydrogens (tertiary/aromatic N) is 2. The first-order valence-electron chi connectivity index (χ1n) is 8.76. The highest BCUT2D eigenvalue weighted by Gasteiger charge is 2.70. The molecule has 0 spiro atoms. The van der Waals surface area contributed by atoms with Gasteiger partial charge in [-0.15, -0.1) is 0 Å². The summed E-state index contributed by atoms with van der Waals surface area (Å²) < 4.78 is 0. The van der Waals surface area contributed by atoms with Crippen molar-refractivity contribution in [2.75, 3.05) is 20.6 Å². The predicted octanol–water partition coefficient (Wildman–Crippen LogP) is 3.74. The van der Waals surface area contributed by atoms with Crippen molar-refractivity contribution >= 4 is 17.1 Å². The van der Waals surface area contributed by atoms with Crippen molar-refractivity contribution in [3.05, 3.63) is 71.8 Å². The smallest absolute Gasteiger partial charge is 0.206 e. The van der Waals surface area contributed by atoms with Gasteiger partial charge >= 0.3 is 0 Å². The van der Waals surface area contributed by atoms with Crippen LogP contribution in [0.3, 0.4) is 0 Å². The Hall–Kier alpha value is -2.39. The van der Waals surface area contributed by atoms with Gasteiger partial charge in [-0.25, -0.2) is 0 Å². The third-order valence-electron chi connectivity index (χ3n) is 5.70. The number of rotatable bonds is 3. The van der Waals surface area contributed by atoms with E-state index in [2.05, 4.69) is 35.8 Å². The van der Waals surface area contributed by atoms with Crippen LogP contribution in [-0.2, 0) is 4.79 Å². The van der Waals surface area contributed by atoms with E-state index in [9.17, 15) is 4.79 Å². The molecule has 3 heteroatoms. The second-order valence-corrected chi connectivity index (χ2v) is 7.82. The summed E-state index contributed by atoms with van der Waals surface area (Å²) in [5, 5.41) is 0. The first kappa shape index (κ1) is 16.1. The van der Waals surface area contributed by atoms with Crippen molar-refractivity contribution in [1.29, 1.82) is 0 Å². The Kier molecular flexibility index (Phi) is 3.41. The van der Waals surface area contributed by atoms with Crippen molar-refractivity contribution in [3.63, 3.8) is 0 Å². The molecule has 0 aliphatic carbocycles. The van der Waals surface area contributed by atoms with Gasteiger partial charge < -0.3 is 4.90 Å². The van der Waals surface area contributed by atoms with E-state index in [0.717, 1.165) is 28.9 Å². The van der Waals surface area contributed by atoms with Crippen LogP contribution in [0.2, 0.25) is 0 Å². The van der Waals surface area contributed by atoms with Crippen LogP contribution in [0.4, 0.5) is 0 Å². The van der Waals surface area contributed by atoms with Gasteiger partial charge in [0.2, 0.25) is 5.78 Å². The SMILES string of the molecule is CN(C)C12C(=O)C(c3ccccc3)=C(c3ccccc3)N1CC2(C)C. The van der Waals surface area contributed by atoms with E-state index in [4.69, 9.17) is 0 Å². The van der Waals surface area contributed by atoms with Crippen molar-refractivity contribution in [2.24, 2.45) is 5.41 Å². The lowest BCUT2D eigenvalue weighted by Crippen LogP contribution is -2.78. The number of carbonyl (C=O) groups is 1. The predicted molar refractivity (Wildman–Crippen MR) is 102 cm³/mol. The number of benzene rings is 2. The average molecular weight is 332 g/mol. The summed E-state index contributed by atoms with van der Waals surface area (Å²) in [6.07, 6.45) is 0. The Morgan fingerprint density at radius 2 is 1.40 bits per heavy atom. The maximum atomic E-state index is 13.8. The summed E-state index contributed by atoms with van der Waals surface area (Å²) >= 11 is 0. The van der Waals surface area contributed by atoms with E-state index >= 15 is 0 Å². The van der Waals surface area contributed by atoms with E-state index in [1.165, 1.54) is 0 Å². The second-order valence-electron chi connectivity index (χ2n) is 7.82. The minimum Gasteiger partial charge on any atom is -0.344 e. The molecule has 2 aliphatic heterocycles. The van der Waals surface area contributed by atoms with Crippen LogP contribution >= 0.6 is 0 Å². The van der Waals surface area contributed by atoms with Crippen LogP contribution in [0, 0.1) is 5.41 Å². The molecule has 0 saturated carbocycles. The maximum absolute atomic E-state index is 13.8. The fourth-order valence-corrected chi connectivity index (χ4v) is 4.80. The summed E-state index contributed by atoms with van der Waals surface area (Å²) in [6, 6.07) is 20.4. The topological polar surface area (TPSA) is 23.6 Å². The number of carbonyl (C=O) groups excluding carboxylic acids is 1.